The normalized spacial score (nSPS) is 12.6. The van der Waals surface area contributed by atoms with Crippen LogP contribution in [0.1, 0.15) is 39.0 Å². The summed E-state index contributed by atoms with van der Waals surface area (Å²) in [5, 5.41) is 2.82. The molecule has 0 radical (unpaired) electrons. The van der Waals surface area contributed by atoms with E-state index in [-0.39, 0.29) is 12.5 Å². The van der Waals surface area contributed by atoms with Gasteiger partial charge in [-0.05, 0) is 42.3 Å². The summed E-state index contributed by atoms with van der Waals surface area (Å²) < 4.78 is 16.8. The highest BCUT2D eigenvalue weighted by Crippen LogP contribution is 2.38. The van der Waals surface area contributed by atoms with Crippen molar-refractivity contribution in [3.05, 3.63) is 39.1 Å². The molecule has 1 amide bonds. The number of esters is 1. The van der Waals surface area contributed by atoms with Gasteiger partial charge in [-0.15, -0.1) is 0 Å². The molecule has 7 nitrogen and oxygen atoms in total. The Hall–Kier alpha value is -2.48. The molecule has 2 N–H and O–H groups in total. The molecule has 138 valence electrons. The van der Waals surface area contributed by atoms with E-state index in [1.807, 2.05) is 0 Å². The Labute approximate surface area is 159 Å². The summed E-state index contributed by atoms with van der Waals surface area (Å²) in [6.07, 6.45) is 0. The SMILES string of the molecule is CCOC(=O)c1c(C)[nH]c(C(=O)Nc2cc3c(cc2Br)OCCO3)c1C. The number of carbonyl (C=O) groups is 2. The van der Waals surface area contributed by atoms with Crippen LogP contribution in [0.25, 0.3) is 0 Å². The number of rotatable bonds is 4. The third-order valence-corrected chi connectivity index (χ3v) is 4.68. The molecule has 26 heavy (non-hydrogen) atoms. The standard InChI is InChI=1S/C18H19BrN2O5/c1-4-24-18(23)15-9(2)16(20-10(15)3)17(22)21-12-8-14-13(7-11(12)19)25-5-6-26-14/h7-8,20H,4-6H2,1-3H3,(H,21,22). The molecule has 0 saturated heterocycles. The van der Waals surface area contributed by atoms with Crippen LogP contribution in [0.3, 0.4) is 0 Å². The topological polar surface area (TPSA) is 89.7 Å². The number of H-pyrrole nitrogens is 1. The van der Waals surface area contributed by atoms with Crippen molar-refractivity contribution in [3.63, 3.8) is 0 Å². The summed E-state index contributed by atoms with van der Waals surface area (Å²) in [6, 6.07) is 3.45. The average Bonchev–Trinajstić information content (AvgIpc) is 2.90. The summed E-state index contributed by atoms with van der Waals surface area (Å²) in [4.78, 5) is 27.8. The number of nitrogens with one attached hydrogen (secondary N) is 2. The van der Waals surface area contributed by atoms with E-state index < -0.39 is 5.97 Å². The molecule has 0 saturated carbocycles. The van der Waals surface area contributed by atoms with E-state index in [2.05, 4.69) is 26.2 Å². The minimum absolute atomic E-state index is 0.272. The Morgan fingerprint density at radius 2 is 1.88 bits per heavy atom. The van der Waals surface area contributed by atoms with Gasteiger partial charge in [0.1, 0.15) is 18.9 Å². The molecule has 1 aliphatic heterocycles. The average molecular weight is 423 g/mol. The minimum Gasteiger partial charge on any atom is -0.486 e. The van der Waals surface area contributed by atoms with Crippen molar-refractivity contribution in [2.45, 2.75) is 20.8 Å². The highest BCUT2D eigenvalue weighted by molar-refractivity contribution is 9.10. The largest absolute Gasteiger partial charge is 0.486 e. The molecule has 3 rings (SSSR count). The van der Waals surface area contributed by atoms with Crippen molar-refractivity contribution in [1.82, 2.24) is 4.98 Å². The van der Waals surface area contributed by atoms with E-state index in [0.717, 1.165) is 0 Å². The molecule has 0 atom stereocenters. The number of aryl methyl sites for hydroxylation is 1. The van der Waals surface area contributed by atoms with Crippen LogP contribution in [0.15, 0.2) is 16.6 Å². The second-order valence-corrected chi connectivity index (χ2v) is 6.63. The second-order valence-electron chi connectivity index (χ2n) is 5.78. The quantitative estimate of drug-likeness (QED) is 0.734. The van der Waals surface area contributed by atoms with Crippen LogP contribution in [0.4, 0.5) is 5.69 Å². The van der Waals surface area contributed by atoms with Crippen molar-refractivity contribution in [3.8, 4) is 11.5 Å². The van der Waals surface area contributed by atoms with Crippen molar-refractivity contribution in [2.75, 3.05) is 25.1 Å². The molecule has 2 heterocycles. The number of carbonyl (C=O) groups excluding carboxylic acids is 2. The van der Waals surface area contributed by atoms with Gasteiger partial charge >= 0.3 is 5.97 Å². The molecule has 0 aliphatic carbocycles. The van der Waals surface area contributed by atoms with Gasteiger partial charge in [0.25, 0.3) is 5.91 Å². The Morgan fingerprint density at radius 1 is 1.23 bits per heavy atom. The van der Waals surface area contributed by atoms with Crippen molar-refractivity contribution < 1.29 is 23.8 Å². The lowest BCUT2D eigenvalue weighted by Gasteiger charge is -2.20. The molecule has 0 fully saturated rings. The van der Waals surface area contributed by atoms with E-state index >= 15 is 0 Å². The van der Waals surface area contributed by atoms with Gasteiger partial charge in [0.15, 0.2) is 11.5 Å². The van der Waals surface area contributed by atoms with Gasteiger partial charge < -0.3 is 24.5 Å². The number of aromatic nitrogens is 1. The number of halogens is 1. The number of aromatic amines is 1. The zero-order chi connectivity index (χ0) is 18.8. The maximum absolute atomic E-state index is 12.7. The number of anilines is 1. The van der Waals surface area contributed by atoms with Crippen molar-refractivity contribution in [1.29, 1.82) is 0 Å². The summed E-state index contributed by atoms with van der Waals surface area (Å²) >= 11 is 3.42. The van der Waals surface area contributed by atoms with Crippen LogP contribution in [0, 0.1) is 13.8 Å². The predicted octanol–water partition coefficient (Wildman–Crippen LogP) is 3.59. The molecule has 8 heteroatoms. The van der Waals surface area contributed by atoms with E-state index in [1.54, 1.807) is 32.9 Å². The third-order valence-electron chi connectivity index (χ3n) is 4.02. The van der Waals surface area contributed by atoms with E-state index in [0.29, 0.717) is 57.4 Å². The molecule has 0 unspecified atom stereocenters. The van der Waals surface area contributed by atoms with Crippen LogP contribution in [-0.2, 0) is 4.74 Å². The molecule has 1 aromatic carbocycles. The van der Waals surface area contributed by atoms with Gasteiger partial charge in [-0.2, -0.15) is 0 Å². The fourth-order valence-corrected chi connectivity index (χ4v) is 3.25. The fourth-order valence-electron chi connectivity index (χ4n) is 2.83. The van der Waals surface area contributed by atoms with Gasteiger partial charge in [-0.1, -0.05) is 0 Å². The van der Waals surface area contributed by atoms with Crippen LogP contribution in [-0.4, -0.2) is 36.7 Å². The summed E-state index contributed by atoms with van der Waals surface area (Å²) in [5.74, 6) is 0.385. The van der Waals surface area contributed by atoms with Crippen molar-refractivity contribution in [2.24, 2.45) is 0 Å². The van der Waals surface area contributed by atoms with Crippen LogP contribution < -0.4 is 14.8 Å². The zero-order valence-electron chi connectivity index (χ0n) is 14.7. The maximum Gasteiger partial charge on any atom is 0.340 e. The Kier molecular flexibility index (Phi) is 5.22. The van der Waals surface area contributed by atoms with Gasteiger partial charge in [0, 0.05) is 22.3 Å². The molecular weight excluding hydrogens is 404 g/mol. The van der Waals surface area contributed by atoms with Crippen LogP contribution >= 0.6 is 15.9 Å². The van der Waals surface area contributed by atoms with Crippen LogP contribution in [0.5, 0.6) is 11.5 Å². The van der Waals surface area contributed by atoms with E-state index in [4.69, 9.17) is 14.2 Å². The highest BCUT2D eigenvalue weighted by atomic mass is 79.9. The number of hydrogen-bond acceptors (Lipinski definition) is 5. The minimum atomic E-state index is -0.446. The van der Waals surface area contributed by atoms with Gasteiger partial charge in [0.2, 0.25) is 0 Å². The Bertz CT molecular complexity index is 875. The number of hydrogen-bond donors (Lipinski definition) is 2. The summed E-state index contributed by atoms with van der Waals surface area (Å²) in [7, 11) is 0. The maximum atomic E-state index is 12.7. The molecule has 1 aromatic heterocycles. The highest BCUT2D eigenvalue weighted by Gasteiger charge is 2.24. The van der Waals surface area contributed by atoms with Gasteiger partial charge in [0.05, 0.1) is 17.9 Å². The third kappa shape index (κ3) is 3.41. The number of amides is 1. The van der Waals surface area contributed by atoms with Gasteiger partial charge in [-0.25, -0.2) is 4.79 Å². The first-order valence-electron chi connectivity index (χ1n) is 8.19. The molecule has 2 aromatic rings. The predicted molar refractivity (Wildman–Crippen MR) is 99.3 cm³/mol. The summed E-state index contributed by atoms with van der Waals surface area (Å²) in [5.41, 5.74) is 2.38. The monoisotopic (exact) mass is 422 g/mol. The first kappa shape index (κ1) is 18.3. The zero-order valence-corrected chi connectivity index (χ0v) is 16.3. The van der Waals surface area contributed by atoms with Crippen molar-refractivity contribution >= 4 is 33.5 Å². The Morgan fingerprint density at radius 3 is 2.54 bits per heavy atom. The molecule has 0 bridgehead atoms. The first-order valence-corrected chi connectivity index (χ1v) is 8.98. The lowest BCUT2D eigenvalue weighted by molar-refractivity contribution is 0.0525. The second kappa shape index (κ2) is 7.41. The fraction of sp³-hybridized carbons (Fsp3) is 0.333. The molecule has 0 spiro atoms. The lowest BCUT2D eigenvalue weighted by atomic mass is 10.1. The first-order chi connectivity index (χ1) is 12.4. The van der Waals surface area contributed by atoms with E-state index in [9.17, 15) is 9.59 Å². The number of benzene rings is 1. The number of ether oxygens (including phenoxy) is 3. The van der Waals surface area contributed by atoms with E-state index in [1.165, 1.54) is 0 Å². The van der Waals surface area contributed by atoms with Gasteiger partial charge in [-0.3, -0.25) is 4.79 Å². The smallest absolute Gasteiger partial charge is 0.340 e. The number of fused-ring (bicyclic) bond motifs is 1. The van der Waals surface area contributed by atoms with Crippen LogP contribution in [0.2, 0.25) is 0 Å². The molecule has 1 aliphatic rings. The summed E-state index contributed by atoms with van der Waals surface area (Å²) in [6.45, 7) is 6.40. The Balaban J connectivity index is 1.87. The lowest BCUT2D eigenvalue weighted by Crippen LogP contribution is -2.17. The molecular formula is C18H19BrN2O5.